The van der Waals surface area contributed by atoms with Gasteiger partial charge in [0.05, 0.1) is 6.07 Å². The van der Waals surface area contributed by atoms with E-state index in [4.69, 9.17) is 5.26 Å². The minimum Gasteiger partial charge on any atom is -0.303 e. The van der Waals surface area contributed by atoms with Crippen molar-refractivity contribution >= 4 is 10.0 Å². The Hall–Kier alpha value is -0.640. The highest BCUT2D eigenvalue weighted by Gasteiger charge is 2.09. The number of nitrogens with zero attached hydrogens (tertiary/aromatic N) is 2. The lowest BCUT2D eigenvalue weighted by molar-refractivity contribution is 0.278. The summed E-state index contributed by atoms with van der Waals surface area (Å²) in [7, 11) is -1.47. The molecule has 0 aliphatic heterocycles. The SMILES string of the molecule is CC(C)N(C)CCNS(=O)(=O)CC#N. The predicted molar refractivity (Wildman–Crippen MR) is 55.2 cm³/mol. The molecule has 0 unspecified atom stereocenters. The van der Waals surface area contributed by atoms with Crippen LogP contribution in [0.4, 0.5) is 0 Å². The number of hydrogen-bond acceptors (Lipinski definition) is 4. The van der Waals surface area contributed by atoms with Crippen molar-refractivity contribution in [2.75, 3.05) is 25.9 Å². The second-order valence-electron chi connectivity index (χ2n) is 3.39. The maximum atomic E-state index is 11.0. The average Bonchev–Trinajstić information content (AvgIpc) is 2.03. The molecule has 6 heteroatoms. The van der Waals surface area contributed by atoms with Gasteiger partial charge in [-0.2, -0.15) is 5.26 Å². The van der Waals surface area contributed by atoms with Gasteiger partial charge >= 0.3 is 0 Å². The molecule has 0 aromatic heterocycles. The summed E-state index contributed by atoms with van der Waals surface area (Å²) in [6.07, 6.45) is 0. The zero-order chi connectivity index (χ0) is 11.2. The fourth-order valence-corrected chi connectivity index (χ4v) is 1.45. The van der Waals surface area contributed by atoms with Crippen LogP contribution in [0.3, 0.4) is 0 Å². The quantitative estimate of drug-likeness (QED) is 0.669. The van der Waals surface area contributed by atoms with Crippen LogP contribution in [0.2, 0.25) is 0 Å². The summed E-state index contributed by atoms with van der Waals surface area (Å²) in [5.74, 6) is -0.474. The first-order chi connectivity index (χ1) is 6.39. The second kappa shape index (κ2) is 5.96. The lowest BCUT2D eigenvalue weighted by Crippen LogP contribution is -2.36. The van der Waals surface area contributed by atoms with Crippen molar-refractivity contribution in [1.82, 2.24) is 9.62 Å². The predicted octanol–water partition coefficient (Wildman–Crippen LogP) is -0.230. The third-order valence-corrected chi connectivity index (χ3v) is 3.08. The van der Waals surface area contributed by atoms with Gasteiger partial charge < -0.3 is 4.90 Å². The van der Waals surface area contributed by atoms with Gasteiger partial charge in [0, 0.05) is 19.1 Å². The molecule has 5 nitrogen and oxygen atoms in total. The van der Waals surface area contributed by atoms with Gasteiger partial charge in [0.2, 0.25) is 10.0 Å². The highest BCUT2D eigenvalue weighted by atomic mass is 32.2. The molecule has 0 heterocycles. The number of sulfonamides is 1. The first kappa shape index (κ1) is 13.4. The Balaban J connectivity index is 3.81. The fourth-order valence-electron chi connectivity index (χ4n) is 0.772. The summed E-state index contributed by atoms with van der Waals surface area (Å²) >= 11 is 0. The molecular formula is C8H17N3O2S. The van der Waals surface area contributed by atoms with Crippen molar-refractivity contribution in [1.29, 1.82) is 5.26 Å². The number of likely N-dealkylation sites (N-methyl/N-ethyl adjacent to an activating group) is 1. The van der Waals surface area contributed by atoms with Gasteiger partial charge in [-0.25, -0.2) is 13.1 Å². The lowest BCUT2D eigenvalue weighted by atomic mass is 10.3. The molecule has 0 radical (unpaired) electrons. The smallest absolute Gasteiger partial charge is 0.225 e. The first-order valence-electron chi connectivity index (χ1n) is 4.43. The largest absolute Gasteiger partial charge is 0.303 e. The van der Waals surface area contributed by atoms with Crippen LogP contribution in [0.25, 0.3) is 0 Å². The van der Waals surface area contributed by atoms with E-state index in [2.05, 4.69) is 4.72 Å². The standard InChI is InChI=1S/C8H17N3O2S/c1-8(2)11(3)6-5-10-14(12,13)7-4-9/h8,10H,5-7H2,1-3H3. The van der Waals surface area contributed by atoms with Crippen LogP contribution in [-0.2, 0) is 10.0 Å². The van der Waals surface area contributed by atoms with Gasteiger partial charge in [-0.05, 0) is 20.9 Å². The minimum absolute atomic E-state index is 0.346. The maximum absolute atomic E-state index is 11.0. The molecular weight excluding hydrogens is 202 g/mol. The van der Waals surface area contributed by atoms with Gasteiger partial charge in [-0.3, -0.25) is 0 Å². The fraction of sp³-hybridized carbons (Fsp3) is 0.875. The number of rotatable bonds is 6. The minimum atomic E-state index is -3.39. The molecule has 0 aromatic carbocycles. The lowest BCUT2D eigenvalue weighted by Gasteiger charge is -2.20. The van der Waals surface area contributed by atoms with Gasteiger partial charge in [-0.15, -0.1) is 0 Å². The van der Waals surface area contributed by atoms with Gasteiger partial charge in [0.15, 0.2) is 5.75 Å². The number of nitriles is 1. The zero-order valence-corrected chi connectivity index (χ0v) is 9.63. The molecule has 0 aliphatic carbocycles. The maximum Gasteiger partial charge on any atom is 0.225 e. The normalized spacial score (nSPS) is 12.0. The Labute approximate surface area is 85.8 Å². The molecule has 0 saturated heterocycles. The summed E-state index contributed by atoms with van der Waals surface area (Å²) in [5, 5.41) is 8.22. The monoisotopic (exact) mass is 219 g/mol. The molecule has 0 fully saturated rings. The van der Waals surface area contributed by atoms with Crippen LogP contribution >= 0.6 is 0 Å². The Bertz CT molecular complexity index is 292. The Morgan fingerprint density at radius 3 is 2.50 bits per heavy atom. The van der Waals surface area contributed by atoms with E-state index >= 15 is 0 Å². The van der Waals surface area contributed by atoms with Crippen LogP contribution in [0.15, 0.2) is 0 Å². The summed E-state index contributed by atoms with van der Waals surface area (Å²) in [4.78, 5) is 2.02. The van der Waals surface area contributed by atoms with Crippen molar-refractivity contribution < 1.29 is 8.42 Å². The molecule has 82 valence electrons. The third-order valence-electron chi connectivity index (χ3n) is 1.92. The average molecular weight is 219 g/mol. The molecule has 0 amide bonds. The van der Waals surface area contributed by atoms with E-state index in [0.717, 1.165) is 0 Å². The van der Waals surface area contributed by atoms with E-state index in [-0.39, 0.29) is 0 Å². The molecule has 1 N–H and O–H groups in total. The van der Waals surface area contributed by atoms with E-state index < -0.39 is 15.8 Å². The van der Waals surface area contributed by atoms with Crippen LogP contribution in [-0.4, -0.2) is 45.2 Å². The van der Waals surface area contributed by atoms with E-state index in [0.29, 0.717) is 19.1 Å². The van der Waals surface area contributed by atoms with E-state index in [1.54, 1.807) is 6.07 Å². The van der Waals surface area contributed by atoms with Crippen molar-refractivity contribution in [3.8, 4) is 6.07 Å². The number of hydrogen-bond donors (Lipinski definition) is 1. The molecule has 0 atom stereocenters. The molecule has 0 spiro atoms. The first-order valence-corrected chi connectivity index (χ1v) is 6.09. The highest BCUT2D eigenvalue weighted by molar-refractivity contribution is 7.89. The van der Waals surface area contributed by atoms with E-state index in [9.17, 15) is 8.42 Å². The molecule has 14 heavy (non-hydrogen) atoms. The summed E-state index contributed by atoms with van der Waals surface area (Å²) < 4.78 is 24.4. The molecule has 0 rings (SSSR count). The van der Waals surface area contributed by atoms with Crippen molar-refractivity contribution in [3.05, 3.63) is 0 Å². The van der Waals surface area contributed by atoms with Gasteiger partial charge in [0.25, 0.3) is 0 Å². The summed E-state index contributed by atoms with van der Waals surface area (Å²) in [5.41, 5.74) is 0. The Morgan fingerprint density at radius 2 is 2.07 bits per heavy atom. The molecule has 0 saturated carbocycles. The van der Waals surface area contributed by atoms with Crippen LogP contribution in [0.1, 0.15) is 13.8 Å². The summed E-state index contributed by atoms with van der Waals surface area (Å²) in [6.45, 7) is 5.05. The molecule has 0 aliphatic rings. The topological polar surface area (TPSA) is 73.2 Å². The van der Waals surface area contributed by atoms with Crippen molar-refractivity contribution in [2.45, 2.75) is 19.9 Å². The second-order valence-corrected chi connectivity index (χ2v) is 5.19. The van der Waals surface area contributed by atoms with Gasteiger partial charge in [-0.1, -0.05) is 0 Å². The van der Waals surface area contributed by atoms with Crippen LogP contribution in [0, 0.1) is 11.3 Å². The Morgan fingerprint density at radius 1 is 1.50 bits per heavy atom. The van der Waals surface area contributed by atoms with Crippen molar-refractivity contribution in [2.24, 2.45) is 0 Å². The van der Waals surface area contributed by atoms with E-state index in [1.807, 2.05) is 25.8 Å². The zero-order valence-electron chi connectivity index (χ0n) is 8.82. The molecule has 0 aromatic rings. The van der Waals surface area contributed by atoms with Crippen LogP contribution < -0.4 is 4.72 Å². The number of nitrogens with one attached hydrogen (secondary N) is 1. The summed E-state index contributed by atoms with van der Waals surface area (Å²) in [6, 6.07) is 1.99. The van der Waals surface area contributed by atoms with E-state index in [1.165, 1.54) is 0 Å². The van der Waals surface area contributed by atoms with Crippen molar-refractivity contribution in [3.63, 3.8) is 0 Å². The third kappa shape index (κ3) is 5.91. The highest BCUT2D eigenvalue weighted by Crippen LogP contribution is 1.91. The van der Waals surface area contributed by atoms with Crippen LogP contribution in [0.5, 0.6) is 0 Å². The Kier molecular flexibility index (Phi) is 5.69. The molecule has 0 bridgehead atoms. The van der Waals surface area contributed by atoms with Gasteiger partial charge in [0.1, 0.15) is 0 Å².